The van der Waals surface area contributed by atoms with Crippen LogP contribution in [-0.4, -0.2) is 65.0 Å². The third kappa shape index (κ3) is 8.32. The van der Waals surface area contributed by atoms with E-state index in [0.29, 0.717) is 19.3 Å². The molecule has 2 rings (SSSR count). The molecule has 0 saturated heterocycles. The molecule has 2 N–H and O–H groups in total. The molecule has 0 fully saturated rings. The lowest BCUT2D eigenvalue weighted by Gasteiger charge is -2.16. The summed E-state index contributed by atoms with van der Waals surface area (Å²) in [7, 11) is 0. The van der Waals surface area contributed by atoms with E-state index in [0.717, 1.165) is 4.90 Å². The molecule has 10 heteroatoms. The van der Waals surface area contributed by atoms with Crippen molar-refractivity contribution in [1.82, 2.24) is 10.2 Å². The fraction of sp³-hybridized carbons (Fsp3) is 0.391. The van der Waals surface area contributed by atoms with E-state index in [-0.39, 0.29) is 54.2 Å². The second-order valence-electron chi connectivity index (χ2n) is 7.60. The van der Waals surface area contributed by atoms with Crippen LogP contribution in [0.1, 0.15) is 43.0 Å². The standard InChI is InChI=1S/C23H26N2O8/c1-15(26)16(5-2-3-10-25-20(28)8-9-21(25)29)11-18(27)13-24-23(32)17-6-4-7-19(12-17)33-14-22(30)31/h4,6-9,12,16H,2-3,5,10-11,13-14H2,1H3,(H,24,32)(H,30,31)/t16-/m1/s1. The minimum Gasteiger partial charge on any atom is -0.482 e. The summed E-state index contributed by atoms with van der Waals surface area (Å²) in [5.74, 6) is -3.14. The van der Waals surface area contributed by atoms with Crippen LogP contribution in [0.2, 0.25) is 0 Å². The molecule has 1 aromatic carbocycles. The topological polar surface area (TPSA) is 147 Å². The van der Waals surface area contributed by atoms with Crippen LogP contribution < -0.4 is 10.1 Å². The van der Waals surface area contributed by atoms with Gasteiger partial charge in [0, 0.05) is 36.6 Å². The molecule has 3 amide bonds. The molecule has 10 nitrogen and oxygen atoms in total. The summed E-state index contributed by atoms with van der Waals surface area (Å²) < 4.78 is 5.03. The Labute approximate surface area is 190 Å². The predicted octanol–water partition coefficient (Wildman–Crippen LogP) is 1.14. The zero-order valence-corrected chi connectivity index (χ0v) is 18.2. The van der Waals surface area contributed by atoms with Crippen molar-refractivity contribution in [2.45, 2.75) is 32.6 Å². The van der Waals surface area contributed by atoms with Gasteiger partial charge in [-0.2, -0.15) is 0 Å². The van der Waals surface area contributed by atoms with Gasteiger partial charge in [0.1, 0.15) is 11.5 Å². The van der Waals surface area contributed by atoms with Crippen molar-refractivity contribution in [2.75, 3.05) is 19.7 Å². The molecule has 0 radical (unpaired) electrons. The number of carbonyl (C=O) groups is 6. The number of nitrogens with one attached hydrogen (secondary N) is 1. The summed E-state index contributed by atoms with van der Waals surface area (Å²) in [6.45, 7) is 0.855. The lowest BCUT2D eigenvalue weighted by atomic mass is 9.92. The highest BCUT2D eigenvalue weighted by molar-refractivity contribution is 6.12. The van der Waals surface area contributed by atoms with Gasteiger partial charge in [-0.25, -0.2) is 4.79 Å². The fourth-order valence-corrected chi connectivity index (χ4v) is 3.26. The van der Waals surface area contributed by atoms with Gasteiger partial charge in [-0.15, -0.1) is 0 Å². The number of benzene rings is 1. The highest BCUT2D eigenvalue weighted by Crippen LogP contribution is 2.16. The van der Waals surface area contributed by atoms with Crippen LogP contribution in [0.5, 0.6) is 5.75 Å². The van der Waals surface area contributed by atoms with Crippen molar-refractivity contribution >= 4 is 35.3 Å². The molecule has 0 spiro atoms. The Bertz CT molecular complexity index is 951. The Morgan fingerprint density at radius 1 is 1.09 bits per heavy atom. The van der Waals surface area contributed by atoms with Crippen LogP contribution in [0.25, 0.3) is 0 Å². The molecule has 0 bridgehead atoms. The number of hydrogen-bond donors (Lipinski definition) is 2. The number of aliphatic carboxylic acids is 1. The smallest absolute Gasteiger partial charge is 0.341 e. The van der Waals surface area contributed by atoms with Gasteiger partial charge < -0.3 is 15.2 Å². The van der Waals surface area contributed by atoms with Crippen LogP contribution in [0, 0.1) is 5.92 Å². The van der Waals surface area contributed by atoms with Crippen molar-refractivity contribution < 1.29 is 38.6 Å². The molecule has 176 valence electrons. The van der Waals surface area contributed by atoms with Gasteiger partial charge in [0.05, 0.1) is 6.54 Å². The highest BCUT2D eigenvalue weighted by Gasteiger charge is 2.23. The number of carbonyl (C=O) groups excluding carboxylic acids is 5. The number of rotatable bonds is 14. The molecule has 0 saturated carbocycles. The largest absolute Gasteiger partial charge is 0.482 e. The number of ether oxygens (including phenoxy) is 1. The maximum atomic E-state index is 12.3. The van der Waals surface area contributed by atoms with E-state index < -0.39 is 24.4 Å². The number of unbranched alkanes of at least 4 members (excludes halogenated alkanes) is 1. The van der Waals surface area contributed by atoms with Crippen molar-refractivity contribution in [3.63, 3.8) is 0 Å². The van der Waals surface area contributed by atoms with Crippen molar-refractivity contribution in [3.8, 4) is 5.75 Å². The third-order valence-corrected chi connectivity index (χ3v) is 5.04. The minimum atomic E-state index is -1.15. The van der Waals surface area contributed by atoms with E-state index in [1.807, 2.05) is 0 Å². The number of carboxylic acids is 1. The molecule has 0 aliphatic carbocycles. The zero-order valence-electron chi connectivity index (χ0n) is 18.2. The second kappa shape index (κ2) is 12.3. The maximum Gasteiger partial charge on any atom is 0.341 e. The van der Waals surface area contributed by atoms with Crippen LogP contribution in [0.15, 0.2) is 36.4 Å². The summed E-state index contributed by atoms with van der Waals surface area (Å²) in [4.78, 5) is 71.3. The molecular formula is C23H26N2O8. The molecule has 33 heavy (non-hydrogen) atoms. The average Bonchev–Trinajstić information content (AvgIpc) is 3.10. The zero-order chi connectivity index (χ0) is 24.4. The number of Topliss-reactive ketones (excluding diaryl/α,β-unsaturated/α-hetero) is 2. The number of amides is 3. The summed E-state index contributed by atoms with van der Waals surface area (Å²) in [6.07, 6.45) is 3.92. The van der Waals surface area contributed by atoms with Gasteiger partial charge >= 0.3 is 5.97 Å². The third-order valence-electron chi connectivity index (χ3n) is 5.04. The minimum absolute atomic E-state index is 0.0273. The molecule has 0 aromatic heterocycles. The van der Waals surface area contributed by atoms with E-state index in [1.54, 1.807) is 0 Å². The van der Waals surface area contributed by atoms with Gasteiger partial charge in [0.2, 0.25) is 0 Å². The van der Waals surface area contributed by atoms with Crippen LogP contribution >= 0.6 is 0 Å². The Morgan fingerprint density at radius 3 is 2.42 bits per heavy atom. The molecule has 1 aliphatic heterocycles. The van der Waals surface area contributed by atoms with E-state index in [1.165, 1.54) is 43.3 Å². The molecule has 1 atom stereocenters. The summed E-state index contributed by atoms with van der Waals surface area (Å²) in [5.41, 5.74) is 0.203. The van der Waals surface area contributed by atoms with Gasteiger partial charge in [-0.1, -0.05) is 12.5 Å². The Balaban J connectivity index is 1.76. The second-order valence-corrected chi connectivity index (χ2v) is 7.60. The quantitative estimate of drug-likeness (QED) is 0.312. The van der Waals surface area contributed by atoms with Crippen LogP contribution in [-0.2, 0) is 24.0 Å². The summed E-state index contributed by atoms with van der Waals surface area (Å²) in [5, 5.41) is 11.1. The van der Waals surface area contributed by atoms with Crippen LogP contribution in [0.3, 0.4) is 0 Å². The summed E-state index contributed by atoms with van der Waals surface area (Å²) >= 11 is 0. The van der Waals surface area contributed by atoms with Crippen molar-refractivity contribution in [3.05, 3.63) is 42.0 Å². The van der Waals surface area contributed by atoms with Gasteiger partial charge in [0.15, 0.2) is 12.4 Å². The fourth-order valence-electron chi connectivity index (χ4n) is 3.26. The van der Waals surface area contributed by atoms with Gasteiger partial charge in [-0.3, -0.25) is 28.9 Å². The highest BCUT2D eigenvalue weighted by atomic mass is 16.5. The predicted molar refractivity (Wildman–Crippen MR) is 115 cm³/mol. The molecule has 1 aliphatic rings. The van der Waals surface area contributed by atoms with Gasteiger partial charge in [-0.05, 0) is 38.0 Å². The number of hydrogen-bond acceptors (Lipinski definition) is 7. The van der Waals surface area contributed by atoms with Crippen molar-refractivity contribution in [1.29, 1.82) is 0 Å². The first-order valence-electron chi connectivity index (χ1n) is 10.5. The summed E-state index contributed by atoms with van der Waals surface area (Å²) in [6, 6.07) is 5.90. The van der Waals surface area contributed by atoms with E-state index in [4.69, 9.17) is 9.84 Å². The van der Waals surface area contributed by atoms with Gasteiger partial charge in [0.25, 0.3) is 17.7 Å². The van der Waals surface area contributed by atoms with E-state index in [2.05, 4.69) is 5.32 Å². The first kappa shape index (κ1) is 25.4. The lowest BCUT2D eigenvalue weighted by Crippen LogP contribution is -2.32. The Hall–Kier alpha value is -3.82. The monoisotopic (exact) mass is 458 g/mol. The Morgan fingerprint density at radius 2 is 1.79 bits per heavy atom. The normalized spacial score (nSPS) is 13.7. The van der Waals surface area contributed by atoms with Crippen molar-refractivity contribution in [2.24, 2.45) is 5.92 Å². The number of nitrogens with zero attached hydrogens (tertiary/aromatic N) is 1. The first-order valence-corrected chi connectivity index (χ1v) is 10.5. The molecule has 1 heterocycles. The number of carboxylic acid groups (broad SMARTS) is 1. The van der Waals surface area contributed by atoms with E-state index >= 15 is 0 Å². The molecular weight excluding hydrogens is 432 g/mol. The first-order chi connectivity index (χ1) is 15.7. The number of ketones is 2. The Kier molecular flexibility index (Phi) is 9.46. The number of imide groups is 1. The van der Waals surface area contributed by atoms with Crippen LogP contribution in [0.4, 0.5) is 0 Å². The molecule has 1 aromatic rings. The lowest BCUT2D eigenvalue weighted by molar-refractivity contribution is -0.139. The van der Waals surface area contributed by atoms with E-state index in [9.17, 15) is 28.8 Å². The average molecular weight is 458 g/mol. The molecule has 0 unspecified atom stereocenters. The maximum absolute atomic E-state index is 12.3. The SMILES string of the molecule is CC(=O)[C@H](CCCCN1C(=O)C=CC1=O)CC(=O)CNC(=O)c1cccc(OCC(=O)O)c1.